The summed E-state index contributed by atoms with van der Waals surface area (Å²) in [5, 5.41) is 6.83. The van der Waals surface area contributed by atoms with Crippen LogP contribution in [0.4, 0.5) is 0 Å². The van der Waals surface area contributed by atoms with Crippen LogP contribution in [0.25, 0.3) is 11.4 Å². The molecular weight excluding hydrogens is 354 g/mol. The normalized spacial score (nSPS) is 12.4. The van der Waals surface area contributed by atoms with Crippen LogP contribution in [0, 0.1) is 0 Å². The molecule has 3 rings (SSSR count). The molecule has 0 unspecified atom stereocenters. The number of carbonyl (C=O) groups excluding carboxylic acids is 1. The van der Waals surface area contributed by atoms with Crippen molar-refractivity contribution in [3.05, 3.63) is 66.1 Å². The molecule has 6 heteroatoms. The molecule has 0 saturated heterocycles. The Labute approximate surface area is 164 Å². The van der Waals surface area contributed by atoms with Crippen molar-refractivity contribution < 1.29 is 14.1 Å². The van der Waals surface area contributed by atoms with Gasteiger partial charge in [-0.05, 0) is 30.0 Å². The highest BCUT2D eigenvalue weighted by Gasteiger charge is 2.18. The van der Waals surface area contributed by atoms with Gasteiger partial charge in [-0.2, -0.15) is 4.98 Å². The third-order valence-electron chi connectivity index (χ3n) is 4.31. The molecule has 3 aromatic rings. The van der Waals surface area contributed by atoms with E-state index < -0.39 is 6.04 Å². The zero-order valence-corrected chi connectivity index (χ0v) is 16.6. The first kappa shape index (κ1) is 19.6. The van der Waals surface area contributed by atoms with Crippen molar-refractivity contribution >= 4 is 5.91 Å². The third-order valence-corrected chi connectivity index (χ3v) is 4.31. The number of amides is 1. The number of hydrogen-bond donors (Lipinski definition) is 1. The van der Waals surface area contributed by atoms with Crippen LogP contribution in [0.1, 0.15) is 45.2 Å². The molecule has 6 nitrogen and oxygen atoms in total. The molecule has 0 aliphatic rings. The molecule has 146 valence electrons. The largest absolute Gasteiger partial charge is 0.484 e. The minimum Gasteiger partial charge on any atom is -0.484 e. The van der Waals surface area contributed by atoms with Gasteiger partial charge in [0.2, 0.25) is 11.7 Å². The fraction of sp³-hybridized carbons (Fsp3) is 0.318. The SMILES string of the molecule is C[C@H](NC(=O)COc1ccccc1)c1nc(-c2ccc(C(C)(C)C)cc2)no1. The van der Waals surface area contributed by atoms with Crippen LogP contribution in [0.3, 0.4) is 0 Å². The summed E-state index contributed by atoms with van der Waals surface area (Å²) in [6, 6.07) is 16.9. The van der Waals surface area contributed by atoms with Gasteiger partial charge in [0.1, 0.15) is 11.8 Å². The molecule has 1 atom stereocenters. The van der Waals surface area contributed by atoms with E-state index in [0.717, 1.165) is 5.56 Å². The molecule has 0 saturated carbocycles. The Morgan fingerprint density at radius 3 is 2.43 bits per heavy atom. The summed E-state index contributed by atoms with van der Waals surface area (Å²) >= 11 is 0. The molecule has 0 aliphatic carbocycles. The number of benzene rings is 2. The van der Waals surface area contributed by atoms with Crippen molar-refractivity contribution in [2.75, 3.05) is 6.61 Å². The Morgan fingerprint density at radius 2 is 1.79 bits per heavy atom. The zero-order valence-electron chi connectivity index (χ0n) is 16.6. The van der Waals surface area contributed by atoms with Crippen LogP contribution in [0.5, 0.6) is 5.75 Å². The van der Waals surface area contributed by atoms with Gasteiger partial charge in [0.05, 0.1) is 0 Å². The second-order valence-corrected chi connectivity index (χ2v) is 7.67. The smallest absolute Gasteiger partial charge is 0.258 e. The fourth-order valence-corrected chi connectivity index (χ4v) is 2.66. The molecule has 28 heavy (non-hydrogen) atoms. The van der Waals surface area contributed by atoms with Gasteiger partial charge < -0.3 is 14.6 Å². The predicted molar refractivity (Wildman–Crippen MR) is 107 cm³/mol. The van der Waals surface area contributed by atoms with Gasteiger partial charge in [-0.1, -0.05) is 68.4 Å². The summed E-state index contributed by atoms with van der Waals surface area (Å²) in [5.74, 6) is 1.23. The van der Waals surface area contributed by atoms with Crippen LogP contribution >= 0.6 is 0 Å². The molecule has 0 radical (unpaired) electrons. The van der Waals surface area contributed by atoms with E-state index in [1.54, 1.807) is 19.1 Å². The molecule has 1 amide bonds. The summed E-state index contributed by atoms with van der Waals surface area (Å²) in [7, 11) is 0. The quantitative estimate of drug-likeness (QED) is 0.691. The monoisotopic (exact) mass is 379 g/mol. The van der Waals surface area contributed by atoms with Crippen molar-refractivity contribution in [3.8, 4) is 17.1 Å². The van der Waals surface area contributed by atoms with E-state index in [9.17, 15) is 4.79 Å². The fourth-order valence-electron chi connectivity index (χ4n) is 2.66. The lowest BCUT2D eigenvalue weighted by molar-refractivity contribution is -0.123. The Kier molecular flexibility index (Phi) is 5.78. The summed E-state index contributed by atoms with van der Waals surface area (Å²) in [5.41, 5.74) is 2.19. The number of nitrogens with one attached hydrogen (secondary N) is 1. The Bertz CT molecular complexity index is 912. The molecule has 2 aromatic carbocycles. The molecular formula is C22H25N3O3. The Balaban J connectivity index is 1.59. The minimum atomic E-state index is -0.415. The van der Waals surface area contributed by atoms with Gasteiger partial charge in [0, 0.05) is 5.56 Å². The third kappa shape index (κ3) is 4.97. The number of para-hydroxylation sites is 1. The maximum absolute atomic E-state index is 12.1. The lowest BCUT2D eigenvalue weighted by Gasteiger charge is -2.18. The Morgan fingerprint density at radius 1 is 1.11 bits per heavy atom. The first-order valence-electron chi connectivity index (χ1n) is 9.24. The summed E-state index contributed by atoms with van der Waals surface area (Å²) in [6.07, 6.45) is 0. The number of aromatic nitrogens is 2. The van der Waals surface area contributed by atoms with Crippen molar-refractivity contribution in [2.24, 2.45) is 0 Å². The number of nitrogens with zero attached hydrogens (tertiary/aromatic N) is 2. The van der Waals surface area contributed by atoms with Crippen molar-refractivity contribution in [1.82, 2.24) is 15.5 Å². The molecule has 1 aromatic heterocycles. The average molecular weight is 379 g/mol. The van der Waals surface area contributed by atoms with Crippen LogP contribution < -0.4 is 10.1 Å². The van der Waals surface area contributed by atoms with Crippen LogP contribution in [0.15, 0.2) is 59.1 Å². The van der Waals surface area contributed by atoms with Gasteiger partial charge in [0.15, 0.2) is 6.61 Å². The summed E-state index contributed by atoms with van der Waals surface area (Å²) < 4.78 is 10.8. The van der Waals surface area contributed by atoms with E-state index in [2.05, 4.69) is 48.4 Å². The van der Waals surface area contributed by atoms with Crippen molar-refractivity contribution in [3.63, 3.8) is 0 Å². The van der Waals surface area contributed by atoms with Crippen LogP contribution in [-0.2, 0) is 10.2 Å². The van der Waals surface area contributed by atoms with Crippen LogP contribution in [0.2, 0.25) is 0 Å². The van der Waals surface area contributed by atoms with E-state index in [-0.39, 0.29) is 17.9 Å². The van der Waals surface area contributed by atoms with E-state index >= 15 is 0 Å². The second kappa shape index (κ2) is 8.25. The minimum absolute atomic E-state index is 0.0797. The predicted octanol–water partition coefficient (Wildman–Crippen LogP) is 4.29. The lowest BCUT2D eigenvalue weighted by Crippen LogP contribution is -2.31. The number of rotatable bonds is 6. The summed E-state index contributed by atoms with van der Waals surface area (Å²) in [6.45, 7) is 8.21. The maximum atomic E-state index is 12.1. The lowest BCUT2D eigenvalue weighted by atomic mass is 9.87. The van der Waals surface area contributed by atoms with Gasteiger partial charge >= 0.3 is 0 Å². The van der Waals surface area contributed by atoms with E-state index in [0.29, 0.717) is 17.5 Å². The van der Waals surface area contributed by atoms with Crippen LogP contribution in [-0.4, -0.2) is 22.7 Å². The highest BCUT2D eigenvalue weighted by Crippen LogP contribution is 2.25. The van der Waals surface area contributed by atoms with E-state index in [1.165, 1.54) is 5.56 Å². The standard InChI is InChI=1S/C22H25N3O3/c1-15(23-19(26)14-27-18-8-6-5-7-9-18)21-24-20(25-28-21)16-10-12-17(13-11-16)22(2,3)4/h5-13,15H,14H2,1-4H3,(H,23,26)/t15-/m0/s1. The number of ether oxygens (including phenoxy) is 1. The summed E-state index contributed by atoms with van der Waals surface area (Å²) in [4.78, 5) is 16.5. The first-order valence-corrected chi connectivity index (χ1v) is 9.24. The van der Waals surface area contributed by atoms with E-state index in [4.69, 9.17) is 9.26 Å². The molecule has 0 aliphatic heterocycles. The van der Waals surface area contributed by atoms with Gasteiger partial charge in [0.25, 0.3) is 5.91 Å². The van der Waals surface area contributed by atoms with E-state index in [1.807, 2.05) is 30.3 Å². The molecule has 0 spiro atoms. The molecule has 0 fully saturated rings. The number of carbonyl (C=O) groups is 1. The second-order valence-electron chi connectivity index (χ2n) is 7.67. The maximum Gasteiger partial charge on any atom is 0.258 e. The topological polar surface area (TPSA) is 77.2 Å². The highest BCUT2D eigenvalue weighted by atomic mass is 16.5. The first-order chi connectivity index (χ1) is 13.3. The zero-order chi connectivity index (χ0) is 20.1. The highest BCUT2D eigenvalue weighted by molar-refractivity contribution is 5.77. The molecule has 1 N–H and O–H groups in total. The molecule has 0 bridgehead atoms. The van der Waals surface area contributed by atoms with Gasteiger partial charge in [-0.3, -0.25) is 4.79 Å². The van der Waals surface area contributed by atoms with Gasteiger partial charge in [-0.25, -0.2) is 0 Å². The molecule has 1 heterocycles. The Hall–Kier alpha value is -3.15. The van der Waals surface area contributed by atoms with Gasteiger partial charge in [-0.15, -0.1) is 0 Å². The van der Waals surface area contributed by atoms with Crippen molar-refractivity contribution in [1.29, 1.82) is 0 Å². The van der Waals surface area contributed by atoms with Crippen molar-refractivity contribution in [2.45, 2.75) is 39.2 Å². The average Bonchev–Trinajstić information content (AvgIpc) is 3.17. The number of hydrogen-bond acceptors (Lipinski definition) is 5.